The molecule has 1 fully saturated rings. The normalized spacial score (nSPS) is 24.3. The third-order valence-electron chi connectivity index (χ3n) is 3.14. The number of carbonyl (C=O) groups is 1. The third kappa shape index (κ3) is 3.48. The van der Waals surface area contributed by atoms with E-state index >= 15 is 0 Å². The first-order chi connectivity index (χ1) is 7.32. The smallest absolute Gasteiger partial charge is 0.228 e. The Balaban J connectivity index is 2.70. The van der Waals surface area contributed by atoms with Crippen molar-refractivity contribution in [2.24, 2.45) is 5.41 Å². The van der Waals surface area contributed by atoms with Crippen LogP contribution in [0.5, 0.6) is 0 Å². The minimum atomic E-state index is -0.321. The minimum Gasteiger partial charge on any atom is -0.393 e. The first kappa shape index (κ1) is 13.5. The quantitative estimate of drug-likeness (QED) is 0.785. The van der Waals surface area contributed by atoms with E-state index in [9.17, 15) is 9.90 Å². The zero-order valence-corrected chi connectivity index (χ0v) is 11.0. The number of aliphatic hydroxyl groups excluding tert-OH is 1. The SMILES string of the molecule is CC(O)CC1CCCCN1C(=O)C(C)(C)C. The predicted octanol–water partition coefficient (Wildman–Crippen LogP) is 2.18. The van der Waals surface area contributed by atoms with Crippen LogP contribution in [0.3, 0.4) is 0 Å². The van der Waals surface area contributed by atoms with Gasteiger partial charge in [0.1, 0.15) is 0 Å². The standard InChI is InChI=1S/C13H25NO2/c1-10(15)9-11-7-5-6-8-14(11)12(16)13(2,3)4/h10-11,15H,5-9H2,1-4H3. The average molecular weight is 227 g/mol. The lowest BCUT2D eigenvalue weighted by atomic mass is 9.90. The molecule has 1 saturated heterocycles. The Hall–Kier alpha value is -0.570. The van der Waals surface area contributed by atoms with Gasteiger partial charge in [-0.3, -0.25) is 4.79 Å². The predicted molar refractivity (Wildman–Crippen MR) is 65.1 cm³/mol. The Labute approximate surface area is 98.8 Å². The van der Waals surface area contributed by atoms with Gasteiger partial charge in [-0.2, -0.15) is 0 Å². The monoisotopic (exact) mass is 227 g/mol. The molecule has 2 unspecified atom stereocenters. The number of nitrogens with zero attached hydrogens (tertiary/aromatic N) is 1. The van der Waals surface area contributed by atoms with Crippen molar-refractivity contribution < 1.29 is 9.90 Å². The summed E-state index contributed by atoms with van der Waals surface area (Å²) in [5, 5.41) is 9.47. The lowest BCUT2D eigenvalue weighted by Crippen LogP contribution is -2.49. The molecule has 0 radical (unpaired) electrons. The lowest BCUT2D eigenvalue weighted by Gasteiger charge is -2.39. The molecule has 94 valence electrons. The molecule has 2 atom stereocenters. The molecule has 0 aromatic heterocycles. The molecular formula is C13H25NO2. The molecule has 0 aromatic carbocycles. The summed E-state index contributed by atoms with van der Waals surface area (Å²) < 4.78 is 0. The number of aliphatic hydroxyl groups is 1. The zero-order valence-electron chi connectivity index (χ0n) is 11.0. The highest BCUT2D eigenvalue weighted by Crippen LogP contribution is 2.26. The Morgan fingerprint density at radius 1 is 1.44 bits per heavy atom. The molecule has 1 aliphatic rings. The summed E-state index contributed by atoms with van der Waals surface area (Å²) in [6.07, 6.45) is 3.69. The highest BCUT2D eigenvalue weighted by atomic mass is 16.3. The van der Waals surface area contributed by atoms with Crippen LogP contribution >= 0.6 is 0 Å². The van der Waals surface area contributed by atoms with E-state index < -0.39 is 0 Å². The Morgan fingerprint density at radius 3 is 2.56 bits per heavy atom. The second-order valence-electron chi connectivity index (χ2n) is 5.98. The van der Waals surface area contributed by atoms with Crippen LogP contribution in [0.4, 0.5) is 0 Å². The van der Waals surface area contributed by atoms with Crippen molar-refractivity contribution in [2.75, 3.05) is 6.54 Å². The summed E-state index contributed by atoms with van der Waals surface area (Å²) in [4.78, 5) is 14.2. The maximum Gasteiger partial charge on any atom is 0.228 e. The fourth-order valence-corrected chi connectivity index (χ4v) is 2.34. The molecule has 3 nitrogen and oxygen atoms in total. The number of rotatable bonds is 2. The molecule has 0 saturated carbocycles. The summed E-state index contributed by atoms with van der Waals surface area (Å²) in [5.41, 5.74) is -0.311. The van der Waals surface area contributed by atoms with Crippen LogP contribution in [0.2, 0.25) is 0 Å². The molecule has 1 N–H and O–H groups in total. The number of likely N-dealkylation sites (tertiary alicyclic amines) is 1. The van der Waals surface area contributed by atoms with Gasteiger partial charge < -0.3 is 10.0 Å². The molecule has 1 heterocycles. The maximum atomic E-state index is 12.3. The van der Waals surface area contributed by atoms with Gasteiger partial charge in [-0.25, -0.2) is 0 Å². The van der Waals surface area contributed by atoms with Crippen molar-refractivity contribution in [3.8, 4) is 0 Å². The Kier molecular flexibility index (Phi) is 4.36. The molecule has 1 aliphatic heterocycles. The van der Waals surface area contributed by atoms with Crippen molar-refractivity contribution in [1.82, 2.24) is 4.90 Å². The molecule has 0 bridgehead atoms. The van der Waals surface area contributed by atoms with E-state index in [0.29, 0.717) is 6.42 Å². The molecule has 0 aliphatic carbocycles. The van der Waals surface area contributed by atoms with Gasteiger partial charge in [0, 0.05) is 18.0 Å². The summed E-state index contributed by atoms with van der Waals surface area (Å²) in [5.74, 6) is 0.220. The highest BCUT2D eigenvalue weighted by Gasteiger charge is 2.33. The average Bonchev–Trinajstić information content (AvgIpc) is 2.15. The summed E-state index contributed by atoms with van der Waals surface area (Å²) in [6.45, 7) is 8.54. The fraction of sp³-hybridized carbons (Fsp3) is 0.923. The Bertz CT molecular complexity index is 243. The van der Waals surface area contributed by atoms with Gasteiger partial charge in [0.05, 0.1) is 6.10 Å². The number of carbonyl (C=O) groups excluding carboxylic acids is 1. The molecule has 1 rings (SSSR count). The van der Waals surface area contributed by atoms with Crippen LogP contribution in [-0.2, 0) is 4.79 Å². The summed E-state index contributed by atoms with van der Waals surface area (Å²) >= 11 is 0. The van der Waals surface area contributed by atoms with Crippen LogP contribution in [0, 0.1) is 5.41 Å². The van der Waals surface area contributed by atoms with Crippen molar-refractivity contribution in [1.29, 1.82) is 0 Å². The van der Waals surface area contributed by atoms with Crippen molar-refractivity contribution in [2.45, 2.75) is 65.5 Å². The first-order valence-electron chi connectivity index (χ1n) is 6.31. The molecule has 3 heteroatoms. The van der Waals surface area contributed by atoms with Crippen LogP contribution in [0.25, 0.3) is 0 Å². The van der Waals surface area contributed by atoms with E-state index in [1.807, 2.05) is 25.7 Å². The summed E-state index contributed by atoms with van der Waals surface area (Å²) in [6, 6.07) is 0.237. The number of hydrogen-bond acceptors (Lipinski definition) is 2. The molecule has 1 amide bonds. The van der Waals surface area contributed by atoms with E-state index in [0.717, 1.165) is 19.4 Å². The van der Waals surface area contributed by atoms with Crippen LogP contribution in [0.1, 0.15) is 53.4 Å². The van der Waals surface area contributed by atoms with Gasteiger partial charge in [-0.15, -0.1) is 0 Å². The van der Waals surface area contributed by atoms with Gasteiger partial charge >= 0.3 is 0 Å². The van der Waals surface area contributed by atoms with Gasteiger partial charge in [0.15, 0.2) is 0 Å². The van der Waals surface area contributed by atoms with Crippen LogP contribution in [0.15, 0.2) is 0 Å². The number of amides is 1. The maximum absolute atomic E-state index is 12.3. The minimum absolute atomic E-state index is 0.220. The fourth-order valence-electron chi connectivity index (χ4n) is 2.34. The molecule has 0 aromatic rings. The molecule has 0 spiro atoms. The van der Waals surface area contributed by atoms with Gasteiger partial charge in [0.25, 0.3) is 0 Å². The van der Waals surface area contributed by atoms with E-state index in [-0.39, 0.29) is 23.5 Å². The number of piperidine rings is 1. The molecule has 16 heavy (non-hydrogen) atoms. The van der Waals surface area contributed by atoms with E-state index in [2.05, 4.69) is 0 Å². The Morgan fingerprint density at radius 2 is 2.06 bits per heavy atom. The van der Waals surface area contributed by atoms with Crippen molar-refractivity contribution in [3.05, 3.63) is 0 Å². The lowest BCUT2D eigenvalue weighted by molar-refractivity contribution is -0.144. The van der Waals surface area contributed by atoms with E-state index in [1.165, 1.54) is 6.42 Å². The first-order valence-corrected chi connectivity index (χ1v) is 6.31. The second-order valence-corrected chi connectivity index (χ2v) is 5.98. The van der Waals surface area contributed by atoms with Crippen LogP contribution in [-0.4, -0.2) is 34.6 Å². The van der Waals surface area contributed by atoms with Crippen molar-refractivity contribution >= 4 is 5.91 Å². The van der Waals surface area contributed by atoms with Gasteiger partial charge in [0.2, 0.25) is 5.91 Å². The van der Waals surface area contributed by atoms with Gasteiger partial charge in [-0.1, -0.05) is 20.8 Å². The topological polar surface area (TPSA) is 40.5 Å². The number of hydrogen-bond donors (Lipinski definition) is 1. The molecular weight excluding hydrogens is 202 g/mol. The van der Waals surface area contributed by atoms with E-state index in [1.54, 1.807) is 6.92 Å². The summed E-state index contributed by atoms with van der Waals surface area (Å²) in [7, 11) is 0. The largest absolute Gasteiger partial charge is 0.393 e. The van der Waals surface area contributed by atoms with E-state index in [4.69, 9.17) is 0 Å². The third-order valence-corrected chi connectivity index (χ3v) is 3.14. The second kappa shape index (κ2) is 5.17. The zero-order chi connectivity index (χ0) is 12.3. The van der Waals surface area contributed by atoms with Crippen molar-refractivity contribution in [3.63, 3.8) is 0 Å². The highest BCUT2D eigenvalue weighted by molar-refractivity contribution is 5.81. The van der Waals surface area contributed by atoms with Crippen LogP contribution < -0.4 is 0 Å². The van der Waals surface area contributed by atoms with Gasteiger partial charge in [-0.05, 0) is 32.6 Å².